The first-order chi connectivity index (χ1) is 6.81. The Bertz CT molecular complexity index is 436. The second-order valence-corrected chi connectivity index (χ2v) is 3.75. The Balaban J connectivity index is 2.50. The van der Waals surface area contributed by atoms with Crippen LogP contribution in [0.2, 0.25) is 0 Å². The van der Waals surface area contributed by atoms with Gasteiger partial charge in [0.25, 0.3) is 0 Å². The molecule has 1 heterocycles. The summed E-state index contributed by atoms with van der Waals surface area (Å²) in [6.07, 6.45) is 2.05. The normalized spacial score (nSPS) is 10.4. The van der Waals surface area contributed by atoms with Gasteiger partial charge in [-0.3, -0.25) is 5.10 Å². The van der Waals surface area contributed by atoms with E-state index in [9.17, 15) is 0 Å². The third-order valence-electron chi connectivity index (χ3n) is 1.99. The summed E-state index contributed by atoms with van der Waals surface area (Å²) in [5.74, 6) is 0.524. The van der Waals surface area contributed by atoms with Gasteiger partial charge in [0.05, 0.1) is 5.69 Å². The zero-order valence-corrected chi connectivity index (χ0v) is 8.64. The quantitative estimate of drug-likeness (QED) is 0.740. The second-order valence-electron chi connectivity index (χ2n) is 2.91. The number of nitrogen functional groups attached to an aromatic ring is 1. The molecule has 0 aliphatic heterocycles. The molecule has 72 valence electrons. The number of hydrogen-bond donors (Lipinski definition) is 2. The fourth-order valence-corrected chi connectivity index (χ4v) is 1.95. The molecule has 0 aliphatic carbocycles. The van der Waals surface area contributed by atoms with E-state index in [0.29, 0.717) is 5.82 Å². The first-order valence-electron chi connectivity index (χ1n) is 4.25. The summed E-state index contributed by atoms with van der Waals surface area (Å²) in [7, 11) is 0. The number of rotatable bonds is 2. The highest BCUT2D eigenvalue weighted by molar-refractivity contribution is 7.98. The van der Waals surface area contributed by atoms with Crippen LogP contribution in [0, 0.1) is 0 Å². The van der Waals surface area contributed by atoms with E-state index in [0.717, 1.165) is 11.3 Å². The van der Waals surface area contributed by atoms with Crippen molar-refractivity contribution in [1.29, 1.82) is 0 Å². The van der Waals surface area contributed by atoms with Crippen molar-refractivity contribution < 1.29 is 0 Å². The fourth-order valence-electron chi connectivity index (χ4n) is 1.34. The predicted molar refractivity (Wildman–Crippen MR) is 60.2 cm³/mol. The summed E-state index contributed by atoms with van der Waals surface area (Å²) in [4.78, 5) is 1.22. The summed E-state index contributed by atoms with van der Waals surface area (Å²) < 4.78 is 0. The average molecular weight is 205 g/mol. The number of nitrogens with one attached hydrogen (secondary N) is 1. The molecule has 3 N–H and O–H groups in total. The van der Waals surface area contributed by atoms with Crippen LogP contribution in [0.1, 0.15) is 0 Å². The summed E-state index contributed by atoms with van der Waals surface area (Å²) in [6, 6.07) is 10.0. The number of nitrogens with zero attached hydrogens (tertiary/aromatic N) is 1. The molecule has 0 unspecified atom stereocenters. The van der Waals surface area contributed by atoms with Gasteiger partial charge < -0.3 is 5.73 Å². The molecule has 0 saturated carbocycles. The maximum atomic E-state index is 5.56. The van der Waals surface area contributed by atoms with Crippen molar-refractivity contribution in [3.63, 3.8) is 0 Å². The molecule has 0 spiro atoms. The van der Waals surface area contributed by atoms with Crippen molar-refractivity contribution in [3.05, 3.63) is 30.3 Å². The average Bonchev–Trinajstić information content (AvgIpc) is 2.65. The lowest BCUT2D eigenvalue weighted by molar-refractivity contribution is 1.10. The topological polar surface area (TPSA) is 54.7 Å². The lowest BCUT2D eigenvalue weighted by atomic mass is 10.1. The third kappa shape index (κ3) is 1.61. The molecule has 2 rings (SSSR count). The van der Waals surface area contributed by atoms with Gasteiger partial charge in [-0.1, -0.05) is 18.2 Å². The van der Waals surface area contributed by atoms with Gasteiger partial charge in [0, 0.05) is 16.5 Å². The van der Waals surface area contributed by atoms with E-state index in [2.05, 4.69) is 28.6 Å². The summed E-state index contributed by atoms with van der Waals surface area (Å²) in [5.41, 5.74) is 7.67. The van der Waals surface area contributed by atoms with E-state index in [-0.39, 0.29) is 0 Å². The Kier molecular flexibility index (Phi) is 2.45. The number of thioether (sulfide) groups is 1. The van der Waals surface area contributed by atoms with Gasteiger partial charge in [-0.2, -0.15) is 5.10 Å². The standard InChI is InChI=1S/C10H11N3S/c1-14-9-5-3-2-4-7(9)8-6-10(11)13-12-8/h2-6H,1H3,(H3,11,12,13). The van der Waals surface area contributed by atoms with Crippen molar-refractivity contribution >= 4 is 17.6 Å². The van der Waals surface area contributed by atoms with Crippen LogP contribution in [-0.2, 0) is 0 Å². The minimum atomic E-state index is 0.524. The SMILES string of the molecule is CSc1ccccc1-c1cc(N)n[nH]1. The van der Waals surface area contributed by atoms with Crippen LogP contribution in [0.5, 0.6) is 0 Å². The Morgan fingerprint density at radius 2 is 2.14 bits per heavy atom. The maximum Gasteiger partial charge on any atom is 0.145 e. The molecule has 0 atom stereocenters. The van der Waals surface area contributed by atoms with Gasteiger partial charge in [-0.05, 0) is 12.3 Å². The highest BCUT2D eigenvalue weighted by Gasteiger charge is 2.05. The van der Waals surface area contributed by atoms with Gasteiger partial charge in [0.15, 0.2) is 0 Å². The Hall–Kier alpha value is -1.42. The number of aromatic nitrogens is 2. The smallest absolute Gasteiger partial charge is 0.145 e. The summed E-state index contributed by atoms with van der Waals surface area (Å²) in [6.45, 7) is 0. The highest BCUT2D eigenvalue weighted by Crippen LogP contribution is 2.28. The first kappa shape index (κ1) is 9.15. The zero-order valence-electron chi connectivity index (χ0n) is 7.82. The minimum absolute atomic E-state index is 0.524. The minimum Gasteiger partial charge on any atom is -0.382 e. The molecular weight excluding hydrogens is 194 g/mol. The second kappa shape index (κ2) is 3.75. The largest absolute Gasteiger partial charge is 0.382 e. The molecule has 1 aromatic carbocycles. The fraction of sp³-hybridized carbons (Fsp3) is 0.100. The van der Waals surface area contributed by atoms with Crippen molar-refractivity contribution in [3.8, 4) is 11.3 Å². The van der Waals surface area contributed by atoms with E-state index in [1.165, 1.54) is 4.90 Å². The summed E-state index contributed by atoms with van der Waals surface area (Å²) in [5, 5.41) is 6.82. The van der Waals surface area contributed by atoms with Crippen molar-refractivity contribution in [1.82, 2.24) is 10.2 Å². The van der Waals surface area contributed by atoms with Crippen LogP contribution in [-0.4, -0.2) is 16.5 Å². The number of hydrogen-bond acceptors (Lipinski definition) is 3. The highest BCUT2D eigenvalue weighted by atomic mass is 32.2. The number of aromatic amines is 1. The van der Waals surface area contributed by atoms with E-state index in [1.807, 2.05) is 18.2 Å². The van der Waals surface area contributed by atoms with Gasteiger partial charge >= 0.3 is 0 Å². The lowest BCUT2D eigenvalue weighted by Gasteiger charge is -2.03. The molecular formula is C10H11N3S. The van der Waals surface area contributed by atoms with Gasteiger partial charge in [0.1, 0.15) is 5.82 Å². The van der Waals surface area contributed by atoms with E-state index in [4.69, 9.17) is 5.73 Å². The molecule has 2 aromatic rings. The van der Waals surface area contributed by atoms with Crippen LogP contribution in [0.15, 0.2) is 35.2 Å². The molecule has 0 fully saturated rings. The molecule has 0 aliphatic rings. The Morgan fingerprint density at radius 1 is 1.36 bits per heavy atom. The van der Waals surface area contributed by atoms with Crippen LogP contribution in [0.25, 0.3) is 11.3 Å². The number of H-pyrrole nitrogens is 1. The number of anilines is 1. The van der Waals surface area contributed by atoms with Gasteiger partial charge in [0.2, 0.25) is 0 Å². The molecule has 14 heavy (non-hydrogen) atoms. The van der Waals surface area contributed by atoms with Crippen LogP contribution in [0.4, 0.5) is 5.82 Å². The lowest BCUT2D eigenvalue weighted by Crippen LogP contribution is -1.81. The van der Waals surface area contributed by atoms with E-state index >= 15 is 0 Å². The molecule has 0 saturated heterocycles. The molecule has 3 nitrogen and oxygen atoms in total. The predicted octanol–water partition coefficient (Wildman–Crippen LogP) is 2.38. The van der Waals surface area contributed by atoms with Crippen LogP contribution < -0.4 is 5.73 Å². The number of benzene rings is 1. The van der Waals surface area contributed by atoms with E-state index in [1.54, 1.807) is 11.8 Å². The van der Waals surface area contributed by atoms with Gasteiger partial charge in [-0.25, -0.2) is 0 Å². The monoisotopic (exact) mass is 205 g/mol. The summed E-state index contributed by atoms with van der Waals surface area (Å²) >= 11 is 1.71. The zero-order chi connectivity index (χ0) is 9.97. The molecule has 0 amide bonds. The van der Waals surface area contributed by atoms with Crippen LogP contribution in [0.3, 0.4) is 0 Å². The molecule has 0 bridgehead atoms. The van der Waals surface area contributed by atoms with Gasteiger partial charge in [-0.15, -0.1) is 11.8 Å². The van der Waals surface area contributed by atoms with E-state index < -0.39 is 0 Å². The van der Waals surface area contributed by atoms with Crippen molar-refractivity contribution in [2.75, 3.05) is 12.0 Å². The van der Waals surface area contributed by atoms with Crippen molar-refractivity contribution in [2.24, 2.45) is 0 Å². The molecule has 1 aromatic heterocycles. The Morgan fingerprint density at radius 3 is 2.79 bits per heavy atom. The first-order valence-corrected chi connectivity index (χ1v) is 5.48. The molecule has 4 heteroatoms. The number of nitrogens with two attached hydrogens (primary N) is 1. The third-order valence-corrected chi connectivity index (χ3v) is 2.79. The maximum absolute atomic E-state index is 5.56. The van der Waals surface area contributed by atoms with Crippen molar-refractivity contribution in [2.45, 2.75) is 4.90 Å². The Labute approximate surface area is 86.7 Å². The van der Waals surface area contributed by atoms with Crippen LogP contribution >= 0.6 is 11.8 Å². The molecule has 0 radical (unpaired) electrons.